The molecule has 0 radical (unpaired) electrons. The highest BCUT2D eigenvalue weighted by Crippen LogP contribution is 2.35. The third-order valence-electron chi connectivity index (χ3n) is 7.15. The maximum Gasteiger partial charge on any atom is 0.138 e. The first-order valence-corrected chi connectivity index (χ1v) is 14.1. The molecule has 220 valence electrons. The van der Waals surface area contributed by atoms with Crippen molar-refractivity contribution in [1.82, 2.24) is 39.9 Å². The van der Waals surface area contributed by atoms with E-state index >= 15 is 0 Å². The molecule has 3 N–H and O–H groups in total. The zero-order valence-electron chi connectivity index (χ0n) is 24.6. The van der Waals surface area contributed by atoms with E-state index in [0.717, 1.165) is 68.8 Å². The SMILES string of the molecule is CN(C)CCNc1cc(F)cc(-c2ccnc3[nH]c(-c4n[nH]c5cnc(-c6cncc(OCCN(C)C)c6)cc45)cc23)c1. The molecule has 0 aliphatic rings. The van der Waals surface area contributed by atoms with E-state index in [1.54, 1.807) is 30.9 Å². The Labute approximate surface area is 248 Å². The highest BCUT2D eigenvalue weighted by atomic mass is 19.1. The zero-order chi connectivity index (χ0) is 29.9. The summed E-state index contributed by atoms with van der Waals surface area (Å²) in [5.41, 5.74) is 7.00. The molecule has 0 unspecified atom stereocenters. The summed E-state index contributed by atoms with van der Waals surface area (Å²) < 4.78 is 20.6. The van der Waals surface area contributed by atoms with Crippen molar-refractivity contribution in [3.8, 4) is 39.5 Å². The van der Waals surface area contributed by atoms with Gasteiger partial charge in [-0.3, -0.25) is 15.1 Å². The standard InChI is InChI=1S/C32H34FN9O/c1-41(2)8-7-35-23-12-20(11-22(33)14-23)25-5-6-36-32-26(25)15-29(38-32)31-27-16-28(37-19-30(27)39-40-31)21-13-24(18-34-17-21)43-10-9-42(3)4/h5-6,11-19,35H,7-10H2,1-4H3,(H,36,38)(H,39,40). The molecule has 0 saturated heterocycles. The van der Waals surface area contributed by atoms with Crippen LogP contribution >= 0.6 is 0 Å². The largest absolute Gasteiger partial charge is 0.491 e. The Balaban J connectivity index is 1.33. The number of hydrogen-bond acceptors (Lipinski definition) is 8. The van der Waals surface area contributed by atoms with Gasteiger partial charge in [0.2, 0.25) is 0 Å². The van der Waals surface area contributed by atoms with Crippen molar-refractivity contribution < 1.29 is 9.13 Å². The van der Waals surface area contributed by atoms with Crippen molar-refractivity contribution in [3.05, 3.63) is 73.1 Å². The predicted octanol–water partition coefficient (Wildman–Crippen LogP) is 5.28. The van der Waals surface area contributed by atoms with Gasteiger partial charge in [0.05, 0.1) is 29.3 Å². The van der Waals surface area contributed by atoms with Crippen molar-refractivity contribution >= 4 is 27.6 Å². The summed E-state index contributed by atoms with van der Waals surface area (Å²) in [5.74, 6) is 0.391. The molecule has 10 nitrogen and oxygen atoms in total. The summed E-state index contributed by atoms with van der Waals surface area (Å²) in [6, 6.07) is 12.9. The summed E-state index contributed by atoms with van der Waals surface area (Å²) in [6.07, 6.45) is 6.98. The van der Waals surface area contributed by atoms with E-state index in [-0.39, 0.29) is 5.82 Å². The molecule has 0 amide bonds. The number of rotatable bonds is 11. The molecule has 0 aliphatic carbocycles. The van der Waals surface area contributed by atoms with E-state index in [2.05, 4.69) is 45.2 Å². The number of likely N-dealkylation sites (N-methyl/N-ethyl adjacent to an activating group) is 2. The highest BCUT2D eigenvalue weighted by Gasteiger charge is 2.16. The second-order valence-corrected chi connectivity index (χ2v) is 11.0. The Morgan fingerprint density at radius 2 is 1.74 bits per heavy atom. The third-order valence-corrected chi connectivity index (χ3v) is 7.15. The minimum absolute atomic E-state index is 0.300. The van der Waals surface area contributed by atoms with Crippen LogP contribution in [0.1, 0.15) is 0 Å². The summed E-state index contributed by atoms with van der Waals surface area (Å²) in [7, 11) is 8.03. The Morgan fingerprint density at radius 3 is 2.58 bits per heavy atom. The number of anilines is 1. The van der Waals surface area contributed by atoms with E-state index in [4.69, 9.17) is 4.74 Å². The lowest BCUT2D eigenvalue weighted by Gasteiger charge is -2.13. The van der Waals surface area contributed by atoms with Crippen LogP contribution < -0.4 is 10.1 Å². The van der Waals surface area contributed by atoms with Gasteiger partial charge in [0.15, 0.2) is 0 Å². The summed E-state index contributed by atoms with van der Waals surface area (Å²) in [6.45, 7) is 2.93. The van der Waals surface area contributed by atoms with E-state index in [0.29, 0.717) is 24.5 Å². The Morgan fingerprint density at radius 1 is 0.884 bits per heavy atom. The predicted molar refractivity (Wildman–Crippen MR) is 169 cm³/mol. The molecule has 5 aromatic heterocycles. The first-order chi connectivity index (χ1) is 20.8. The smallest absolute Gasteiger partial charge is 0.138 e. The summed E-state index contributed by atoms with van der Waals surface area (Å²) in [5, 5.41) is 12.8. The molecular weight excluding hydrogens is 545 g/mol. The normalized spacial score (nSPS) is 11.7. The fourth-order valence-corrected chi connectivity index (χ4v) is 4.94. The first-order valence-electron chi connectivity index (χ1n) is 14.1. The van der Waals surface area contributed by atoms with Gasteiger partial charge in [0.1, 0.15) is 29.5 Å². The van der Waals surface area contributed by atoms with Gasteiger partial charge in [-0.25, -0.2) is 9.37 Å². The lowest BCUT2D eigenvalue weighted by atomic mass is 10.0. The fraction of sp³-hybridized carbons (Fsp3) is 0.250. The zero-order valence-corrected chi connectivity index (χ0v) is 24.6. The number of pyridine rings is 3. The Kier molecular flexibility index (Phi) is 7.99. The highest BCUT2D eigenvalue weighted by molar-refractivity contribution is 6.00. The van der Waals surface area contributed by atoms with Crippen molar-refractivity contribution in [2.24, 2.45) is 0 Å². The number of hydrogen-bond donors (Lipinski definition) is 3. The van der Waals surface area contributed by atoms with Gasteiger partial charge in [-0.05, 0) is 81.8 Å². The molecule has 0 spiro atoms. The molecule has 0 aliphatic heterocycles. The van der Waals surface area contributed by atoms with Crippen LogP contribution in [0.15, 0.2) is 67.3 Å². The number of nitrogens with zero attached hydrogens (tertiary/aromatic N) is 6. The van der Waals surface area contributed by atoms with Gasteiger partial charge < -0.3 is 24.8 Å². The average molecular weight is 580 g/mol. The number of fused-ring (bicyclic) bond motifs is 2. The number of ether oxygens (including phenoxy) is 1. The summed E-state index contributed by atoms with van der Waals surface area (Å²) >= 11 is 0. The molecule has 6 aromatic rings. The molecule has 0 bridgehead atoms. The van der Waals surface area contributed by atoms with E-state index in [1.807, 2.05) is 58.5 Å². The van der Waals surface area contributed by atoms with Gasteiger partial charge >= 0.3 is 0 Å². The van der Waals surface area contributed by atoms with Gasteiger partial charge in [0.25, 0.3) is 0 Å². The van der Waals surface area contributed by atoms with E-state index < -0.39 is 0 Å². The maximum absolute atomic E-state index is 14.7. The second-order valence-electron chi connectivity index (χ2n) is 11.0. The molecule has 0 atom stereocenters. The average Bonchev–Trinajstić information content (AvgIpc) is 3.60. The van der Waals surface area contributed by atoms with Crippen LogP contribution in [0.3, 0.4) is 0 Å². The lowest BCUT2D eigenvalue weighted by molar-refractivity contribution is 0.261. The number of H-pyrrole nitrogens is 2. The number of aromatic nitrogens is 6. The van der Waals surface area contributed by atoms with Gasteiger partial charge in [-0.1, -0.05) is 0 Å². The number of halogens is 1. The fourth-order valence-electron chi connectivity index (χ4n) is 4.94. The lowest BCUT2D eigenvalue weighted by Crippen LogP contribution is -2.20. The van der Waals surface area contributed by atoms with Gasteiger partial charge in [0, 0.05) is 54.1 Å². The van der Waals surface area contributed by atoms with Crippen molar-refractivity contribution in [2.75, 3.05) is 59.7 Å². The third kappa shape index (κ3) is 6.32. The molecule has 5 heterocycles. The van der Waals surface area contributed by atoms with Crippen molar-refractivity contribution in [2.45, 2.75) is 0 Å². The van der Waals surface area contributed by atoms with Crippen molar-refractivity contribution in [1.29, 1.82) is 0 Å². The molecule has 11 heteroatoms. The molecule has 0 saturated carbocycles. The Bertz CT molecular complexity index is 1880. The number of nitrogens with one attached hydrogen (secondary N) is 3. The Hall–Kier alpha value is -4.87. The molecule has 43 heavy (non-hydrogen) atoms. The van der Waals surface area contributed by atoms with Crippen LogP contribution in [0.5, 0.6) is 5.75 Å². The minimum Gasteiger partial charge on any atom is -0.491 e. The van der Waals surface area contributed by atoms with E-state index in [1.165, 1.54) is 6.07 Å². The van der Waals surface area contributed by atoms with Crippen LogP contribution in [0, 0.1) is 5.82 Å². The van der Waals surface area contributed by atoms with Crippen LogP contribution in [0.25, 0.3) is 55.7 Å². The quantitative estimate of drug-likeness (QED) is 0.190. The monoisotopic (exact) mass is 579 g/mol. The molecule has 0 fully saturated rings. The topological polar surface area (TPSA) is 111 Å². The molecule has 1 aromatic carbocycles. The van der Waals surface area contributed by atoms with Crippen LogP contribution in [-0.4, -0.2) is 94.4 Å². The minimum atomic E-state index is -0.300. The number of aromatic amines is 2. The van der Waals surface area contributed by atoms with Gasteiger partial charge in [-0.2, -0.15) is 5.10 Å². The van der Waals surface area contributed by atoms with Crippen LogP contribution in [-0.2, 0) is 0 Å². The van der Waals surface area contributed by atoms with Crippen LogP contribution in [0.4, 0.5) is 10.1 Å². The summed E-state index contributed by atoms with van der Waals surface area (Å²) in [4.78, 5) is 21.1. The number of benzene rings is 1. The van der Waals surface area contributed by atoms with E-state index in [9.17, 15) is 4.39 Å². The maximum atomic E-state index is 14.7. The second kappa shape index (κ2) is 12.2. The van der Waals surface area contributed by atoms with Gasteiger partial charge in [-0.15, -0.1) is 0 Å². The first kappa shape index (κ1) is 28.3. The van der Waals surface area contributed by atoms with Crippen molar-refractivity contribution in [3.63, 3.8) is 0 Å². The van der Waals surface area contributed by atoms with Crippen LogP contribution in [0.2, 0.25) is 0 Å². The molecule has 6 rings (SSSR count). The molecular formula is C32H34FN9O.